The molecule has 2 rings (SSSR count). The van der Waals surface area contributed by atoms with E-state index in [2.05, 4.69) is 0 Å². The third-order valence-electron chi connectivity index (χ3n) is 4.21. The van der Waals surface area contributed by atoms with E-state index in [0.717, 1.165) is 24.1 Å². The van der Waals surface area contributed by atoms with Gasteiger partial charge in [-0.25, -0.2) is 8.42 Å². The van der Waals surface area contributed by atoms with Crippen LogP contribution in [0.3, 0.4) is 0 Å². The van der Waals surface area contributed by atoms with Crippen LogP contribution in [0.25, 0.3) is 0 Å². The lowest BCUT2D eigenvalue weighted by molar-refractivity contribution is -0.116. The monoisotopic (exact) mass is 373 g/mol. The second-order valence-corrected chi connectivity index (χ2v) is 8.60. The molecule has 0 fully saturated rings. The van der Waals surface area contributed by atoms with E-state index in [1.54, 1.807) is 4.90 Å². The zero-order valence-corrected chi connectivity index (χ0v) is 16.1. The van der Waals surface area contributed by atoms with Crippen molar-refractivity contribution < 1.29 is 13.2 Å². The van der Waals surface area contributed by atoms with Crippen LogP contribution >= 0.6 is 0 Å². The third kappa shape index (κ3) is 6.64. The Hall–Kier alpha value is -2.14. The van der Waals surface area contributed by atoms with Crippen LogP contribution in [-0.4, -0.2) is 32.4 Å². The Labute approximate surface area is 156 Å². The van der Waals surface area contributed by atoms with Crippen LogP contribution in [0.1, 0.15) is 31.7 Å². The van der Waals surface area contributed by atoms with Crippen LogP contribution in [0.5, 0.6) is 0 Å². The normalized spacial score (nSPS) is 11.3. The fourth-order valence-electron chi connectivity index (χ4n) is 2.80. The lowest BCUT2D eigenvalue weighted by Crippen LogP contribution is -2.37. The fraction of sp³-hybridized carbons (Fsp3) is 0.381. The van der Waals surface area contributed by atoms with Crippen LogP contribution in [-0.2, 0) is 21.1 Å². The van der Waals surface area contributed by atoms with Gasteiger partial charge in [-0.1, -0.05) is 61.9 Å². The maximum atomic E-state index is 12.6. The SMILES string of the molecule is CCCCN(C(=O)CS(=O)(=O)CCCc1ccccc1)c1ccccc1. The smallest absolute Gasteiger partial charge is 0.242 e. The van der Waals surface area contributed by atoms with E-state index < -0.39 is 15.6 Å². The highest BCUT2D eigenvalue weighted by Crippen LogP contribution is 2.15. The summed E-state index contributed by atoms with van der Waals surface area (Å²) in [6.07, 6.45) is 3.02. The van der Waals surface area contributed by atoms with Crippen molar-refractivity contribution in [2.75, 3.05) is 23.0 Å². The Morgan fingerprint density at radius 2 is 1.54 bits per heavy atom. The first-order chi connectivity index (χ1) is 12.5. The molecule has 1 amide bonds. The molecular weight excluding hydrogens is 346 g/mol. The van der Waals surface area contributed by atoms with Gasteiger partial charge in [-0.3, -0.25) is 4.79 Å². The van der Waals surface area contributed by atoms with Gasteiger partial charge in [-0.2, -0.15) is 0 Å². The summed E-state index contributed by atoms with van der Waals surface area (Å²) in [5.74, 6) is -0.742. The van der Waals surface area contributed by atoms with Crippen LogP contribution in [0.15, 0.2) is 60.7 Å². The van der Waals surface area contributed by atoms with Crippen LogP contribution in [0.2, 0.25) is 0 Å². The molecule has 0 saturated heterocycles. The number of hydrogen-bond donors (Lipinski definition) is 0. The molecule has 0 spiro atoms. The third-order valence-corrected chi connectivity index (χ3v) is 5.81. The van der Waals surface area contributed by atoms with Gasteiger partial charge in [-0.15, -0.1) is 0 Å². The Morgan fingerprint density at radius 3 is 2.15 bits per heavy atom. The summed E-state index contributed by atoms with van der Waals surface area (Å²) >= 11 is 0. The van der Waals surface area contributed by atoms with Gasteiger partial charge in [0.1, 0.15) is 5.75 Å². The number of rotatable bonds is 10. The van der Waals surface area contributed by atoms with E-state index in [9.17, 15) is 13.2 Å². The Morgan fingerprint density at radius 1 is 0.923 bits per heavy atom. The first kappa shape index (κ1) is 20.2. The molecule has 140 valence electrons. The van der Waals surface area contributed by atoms with Gasteiger partial charge in [-0.05, 0) is 37.0 Å². The van der Waals surface area contributed by atoms with Crippen molar-refractivity contribution in [3.05, 3.63) is 66.2 Å². The second kappa shape index (κ2) is 10.1. The molecular formula is C21H27NO3S. The lowest BCUT2D eigenvalue weighted by atomic mass is 10.1. The standard InChI is InChI=1S/C21H27NO3S/c1-2-3-16-22(20-14-8-5-9-15-20)21(23)18-26(24,25)17-10-13-19-11-6-4-7-12-19/h4-9,11-12,14-15H,2-3,10,13,16-18H2,1H3. The lowest BCUT2D eigenvalue weighted by Gasteiger charge is -2.22. The minimum Gasteiger partial charge on any atom is -0.312 e. The maximum Gasteiger partial charge on any atom is 0.242 e. The van der Waals surface area contributed by atoms with Gasteiger partial charge in [0.25, 0.3) is 0 Å². The molecule has 0 heterocycles. The molecule has 0 atom stereocenters. The number of carbonyl (C=O) groups is 1. The summed E-state index contributed by atoms with van der Waals surface area (Å²) in [6, 6.07) is 19.1. The molecule has 0 unspecified atom stereocenters. The highest BCUT2D eigenvalue weighted by Gasteiger charge is 2.22. The van der Waals surface area contributed by atoms with Crippen molar-refractivity contribution in [3.63, 3.8) is 0 Å². The van der Waals surface area contributed by atoms with Crippen molar-refractivity contribution >= 4 is 21.4 Å². The molecule has 2 aromatic rings. The van der Waals surface area contributed by atoms with Crippen LogP contribution in [0, 0.1) is 0 Å². The minimum atomic E-state index is -3.42. The molecule has 0 bridgehead atoms. The summed E-state index contributed by atoms with van der Waals surface area (Å²) in [4.78, 5) is 14.2. The number of sulfone groups is 1. The summed E-state index contributed by atoms with van der Waals surface area (Å²) in [6.45, 7) is 2.59. The van der Waals surface area contributed by atoms with Gasteiger partial charge < -0.3 is 4.90 Å². The second-order valence-electron chi connectivity index (χ2n) is 6.42. The largest absolute Gasteiger partial charge is 0.312 e. The fourth-order valence-corrected chi connectivity index (χ4v) is 4.06. The molecule has 2 aromatic carbocycles. The highest BCUT2D eigenvalue weighted by molar-refractivity contribution is 7.92. The van der Waals surface area contributed by atoms with E-state index in [1.165, 1.54) is 0 Å². The highest BCUT2D eigenvalue weighted by atomic mass is 32.2. The van der Waals surface area contributed by atoms with Gasteiger partial charge in [0.05, 0.1) is 5.75 Å². The number of carbonyl (C=O) groups excluding carboxylic acids is 1. The number of amides is 1. The molecule has 26 heavy (non-hydrogen) atoms. The number of hydrogen-bond acceptors (Lipinski definition) is 3. The summed E-state index contributed by atoms with van der Waals surface area (Å²) in [5, 5.41) is 0. The number of benzene rings is 2. The maximum absolute atomic E-state index is 12.6. The van der Waals surface area contributed by atoms with Gasteiger partial charge in [0.2, 0.25) is 5.91 Å². The van der Waals surface area contributed by atoms with Crippen molar-refractivity contribution in [1.82, 2.24) is 0 Å². The van der Waals surface area contributed by atoms with E-state index in [-0.39, 0.29) is 11.7 Å². The molecule has 0 saturated carbocycles. The number of anilines is 1. The molecule has 0 aliphatic carbocycles. The minimum absolute atomic E-state index is 0.0318. The molecule has 0 N–H and O–H groups in total. The Balaban J connectivity index is 1.95. The van der Waals surface area contributed by atoms with E-state index in [0.29, 0.717) is 19.4 Å². The first-order valence-electron chi connectivity index (χ1n) is 9.11. The van der Waals surface area contributed by atoms with E-state index >= 15 is 0 Å². The van der Waals surface area contributed by atoms with Crippen molar-refractivity contribution in [3.8, 4) is 0 Å². The average Bonchev–Trinajstić information content (AvgIpc) is 2.63. The van der Waals surface area contributed by atoms with Crippen molar-refractivity contribution in [1.29, 1.82) is 0 Å². The van der Waals surface area contributed by atoms with Gasteiger partial charge in [0, 0.05) is 12.2 Å². The predicted octanol–water partition coefficient (Wildman–Crippen LogP) is 3.87. The topological polar surface area (TPSA) is 54.5 Å². The molecule has 0 radical (unpaired) electrons. The predicted molar refractivity (Wildman–Crippen MR) is 107 cm³/mol. The molecule has 0 aliphatic heterocycles. The summed E-state index contributed by atoms with van der Waals surface area (Å²) in [5.41, 5.74) is 1.87. The number of para-hydroxylation sites is 1. The van der Waals surface area contributed by atoms with Gasteiger partial charge in [0.15, 0.2) is 9.84 Å². The quantitative estimate of drug-likeness (QED) is 0.635. The molecule has 0 aliphatic rings. The Kier molecular flexibility index (Phi) is 7.85. The van der Waals surface area contributed by atoms with Crippen molar-refractivity contribution in [2.45, 2.75) is 32.6 Å². The average molecular weight is 374 g/mol. The van der Waals surface area contributed by atoms with Crippen LogP contribution in [0.4, 0.5) is 5.69 Å². The molecule has 4 nitrogen and oxygen atoms in total. The number of unbranched alkanes of at least 4 members (excludes halogenated alkanes) is 1. The molecule has 0 aromatic heterocycles. The Bertz CT molecular complexity index is 773. The van der Waals surface area contributed by atoms with Crippen molar-refractivity contribution in [2.24, 2.45) is 0 Å². The zero-order valence-electron chi connectivity index (χ0n) is 15.3. The van der Waals surface area contributed by atoms with Gasteiger partial charge >= 0.3 is 0 Å². The van der Waals surface area contributed by atoms with E-state index in [4.69, 9.17) is 0 Å². The van der Waals surface area contributed by atoms with Crippen LogP contribution < -0.4 is 4.90 Å². The first-order valence-corrected chi connectivity index (χ1v) is 10.9. The van der Waals surface area contributed by atoms with E-state index in [1.807, 2.05) is 67.6 Å². The number of nitrogens with zero attached hydrogens (tertiary/aromatic N) is 1. The summed E-state index contributed by atoms with van der Waals surface area (Å²) in [7, 11) is -3.42. The number of aryl methyl sites for hydroxylation is 1. The zero-order chi connectivity index (χ0) is 18.8. The molecule has 5 heteroatoms. The summed E-state index contributed by atoms with van der Waals surface area (Å²) < 4.78 is 24.8.